The van der Waals surface area contributed by atoms with Crippen LogP contribution in [0.1, 0.15) is 32.8 Å². The van der Waals surface area contributed by atoms with E-state index in [0.717, 1.165) is 5.56 Å². The Kier molecular flexibility index (Phi) is 6.66. The first-order chi connectivity index (χ1) is 14.9. The number of nitrogens with one attached hydrogen (secondary N) is 2. The van der Waals surface area contributed by atoms with Crippen LogP contribution in [0.3, 0.4) is 0 Å². The number of aryl methyl sites for hydroxylation is 1. The summed E-state index contributed by atoms with van der Waals surface area (Å²) in [6, 6.07) is 13.8. The van der Waals surface area contributed by atoms with Gasteiger partial charge in [-0.25, -0.2) is 4.68 Å². The average molecular weight is 421 g/mol. The third-order valence-electron chi connectivity index (χ3n) is 4.48. The number of nitrogens with zero attached hydrogens (tertiary/aromatic N) is 2. The molecule has 3 rings (SSSR count). The Morgan fingerprint density at radius 3 is 2.61 bits per heavy atom. The second-order valence-corrected chi connectivity index (χ2v) is 6.79. The third-order valence-corrected chi connectivity index (χ3v) is 4.48. The maximum Gasteiger partial charge on any atom is 0.276 e. The van der Waals surface area contributed by atoms with Gasteiger partial charge in [0.2, 0.25) is 5.91 Å². The van der Waals surface area contributed by atoms with E-state index in [2.05, 4.69) is 15.7 Å². The topological polar surface area (TPSA) is 128 Å². The molecule has 0 fully saturated rings. The molecule has 0 saturated heterocycles. The zero-order valence-corrected chi connectivity index (χ0v) is 17.2. The second-order valence-electron chi connectivity index (χ2n) is 6.79. The van der Waals surface area contributed by atoms with E-state index in [1.54, 1.807) is 48.3 Å². The molecule has 9 nitrogen and oxygen atoms in total. The second kappa shape index (κ2) is 9.57. The van der Waals surface area contributed by atoms with Gasteiger partial charge in [-0.1, -0.05) is 18.2 Å². The zero-order chi connectivity index (χ0) is 22.4. The molecule has 0 unspecified atom stereocenters. The fraction of sp³-hybridized carbons (Fsp3) is 0.182. The maximum absolute atomic E-state index is 12.7. The van der Waals surface area contributed by atoms with E-state index < -0.39 is 17.7 Å². The number of aromatic nitrogens is 2. The highest BCUT2D eigenvalue weighted by molar-refractivity contribution is 6.08. The number of hydrogen-bond donors (Lipinski definition) is 3. The highest BCUT2D eigenvalue weighted by Crippen LogP contribution is 2.24. The van der Waals surface area contributed by atoms with Crippen LogP contribution < -0.4 is 21.1 Å². The van der Waals surface area contributed by atoms with Crippen molar-refractivity contribution in [2.24, 2.45) is 5.73 Å². The smallest absolute Gasteiger partial charge is 0.276 e. The summed E-state index contributed by atoms with van der Waals surface area (Å²) in [5, 5.41) is 9.66. The lowest BCUT2D eigenvalue weighted by Crippen LogP contribution is -2.29. The molecule has 0 atom stereocenters. The number of ether oxygens (including phenoxy) is 1. The number of rotatable bonds is 8. The average Bonchev–Trinajstić information content (AvgIpc) is 3.24. The number of anilines is 1. The summed E-state index contributed by atoms with van der Waals surface area (Å²) >= 11 is 0. The van der Waals surface area contributed by atoms with E-state index in [-0.39, 0.29) is 24.2 Å². The van der Waals surface area contributed by atoms with Crippen LogP contribution in [0.4, 0.5) is 5.69 Å². The minimum atomic E-state index is -0.511. The standard InChI is InChI=1S/C22H23N5O4/c1-14-7-8-19(31-2)18(13-14)27-12-10-17(26-27)22(30)25-16-6-4-3-5-15(16)21(29)24-11-9-20(23)28/h3-8,10,12-13H,9,11H2,1-2H3,(H2,23,28)(H,24,29)(H,25,30). The lowest BCUT2D eigenvalue weighted by atomic mass is 10.1. The van der Waals surface area contributed by atoms with Crippen molar-refractivity contribution in [3.63, 3.8) is 0 Å². The molecule has 2 aromatic carbocycles. The Morgan fingerprint density at radius 1 is 1.10 bits per heavy atom. The molecule has 0 spiro atoms. The number of primary amides is 1. The number of benzene rings is 2. The van der Waals surface area contributed by atoms with Crippen LogP contribution in [-0.2, 0) is 4.79 Å². The number of para-hydroxylation sites is 1. The van der Waals surface area contributed by atoms with Gasteiger partial charge in [0.05, 0.1) is 18.4 Å². The SMILES string of the molecule is COc1ccc(C)cc1-n1ccc(C(=O)Nc2ccccc2C(=O)NCCC(N)=O)n1. The Morgan fingerprint density at radius 2 is 1.87 bits per heavy atom. The molecule has 1 heterocycles. The van der Waals surface area contributed by atoms with E-state index in [4.69, 9.17) is 10.5 Å². The molecule has 3 amide bonds. The summed E-state index contributed by atoms with van der Waals surface area (Å²) in [6.45, 7) is 2.06. The molecule has 4 N–H and O–H groups in total. The Labute approximate surface area is 179 Å². The van der Waals surface area contributed by atoms with Gasteiger partial charge in [-0.05, 0) is 42.8 Å². The van der Waals surface area contributed by atoms with Crippen LogP contribution >= 0.6 is 0 Å². The maximum atomic E-state index is 12.7. The Balaban J connectivity index is 1.77. The van der Waals surface area contributed by atoms with Crippen molar-refractivity contribution in [2.75, 3.05) is 19.0 Å². The lowest BCUT2D eigenvalue weighted by Gasteiger charge is -2.11. The molecule has 3 aromatic rings. The summed E-state index contributed by atoms with van der Waals surface area (Å²) < 4.78 is 6.93. The Hall–Kier alpha value is -4.14. The molecule has 0 aliphatic rings. The van der Waals surface area contributed by atoms with E-state index in [9.17, 15) is 14.4 Å². The van der Waals surface area contributed by atoms with Gasteiger partial charge in [-0.15, -0.1) is 0 Å². The molecule has 0 bridgehead atoms. The quantitative estimate of drug-likeness (QED) is 0.513. The normalized spacial score (nSPS) is 10.4. The predicted octanol–water partition coefficient (Wildman–Crippen LogP) is 2.05. The van der Waals surface area contributed by atoms with Crippen molar-refractivity contribution < 1.29 is 19.1 Å². The predicted molar refractivity (Wildman–Crippen MR) is 115 cm³/mol. The molecule has 0 aliphatic carbocycles. The fourth-order valence-electron chi connectivity index (χ4n) is 2.93. The van der Waals surface area contributed by atoms with Crippen LogP contribution in [0.15, 0.2) is 54.7 Å². The monoisotopic (exact) mass is 421 g/mol. The van der Waals surface area contributed by atoms with Gasteiger partial charge < -0.3 is 21.1 Å². The number of carbonyl (C=O) groups is 3. The van der Waals surface area contributed by atoms with Gasteiger partial charge in [0.15, 0.2) is 5.69 Å². The summed E-state index contributed by atoms with van der Waals surface area (Å²) in [6.07, 6.45) is 1.69. The first kappa shape index (κ1) is 21.6. The zero-order valence-electron chi connectivity index (χ0n) is 17.2. The molecule has 0 saturated carbocycles. The molecule has 0 radical (unpaired) electrons. The van der Waals surface area contributed by atoms with Crippen LogP contribution in [0.25, 0.3) is 5.69 Å². The van der Waals surface area contributed by atoms with Crippen LogP contribution in [0.5, 0.6) is 5.75 Å². The molecular weight excluding hydrogens is 398 g/mol. The summed E-state index contributed by atoms with van der Waals surface area (Å²) in [4.78, 5) is 36.0. The summed E-state index contributed by atoms with van der Waals surface area (Å²) in [5.41, 5.74) is 7.57. The number of hydrogen-bond acceptors (Lipinski definition) is 5. The largest absolute Gasteiger partial charge is 0.494 e. The lowest BCUT2D eigenvalue weighted by molar-refractivity contribution is -0.117. The van der Waals surface area contributed by atoms with Crippen molar-refractivity contribution in [3.8, 4) is 11.4 Å². The highest BCUT2D eigenvalue weighted by atomic mass is 16.5. The first-order valence-electron chi connectivity index (χ1n) is 9.56. The number of methoxy groups -OCH3 is 1. The van der Waals surface area contributed by atoms with Gasteiger partial charge in [0.1, 0.15) is 11.4 Å². The van der Waals surface area contributed by atoms with Crippen molar-refractivity contribution >= 4 is 23.4 Å². The van der Waals surface area contributed by atoms with E-state index in [0.29, 0.717) is 17.1 Å². The van der Waals surface area contributed by atoms with Gasteiger partial charge >= 0.3 is 0 Å². The van der Waals surface area contributed by atoms with Crippen molar-refractivity contribution in [3.05, 3.63) is 71.5 Å². The van der Waals surface area contributed by atoms with Gasteiger partial charge in [-0.2, -0.15) is 5.10 Å². The number of nitrogens with two attached hydrogens (primary N) is 1. The number of carbonyl (C=O) groups excluding carboxylic acids is 3. The summed E-state index contributed by atoms with van der Waals surface area (Å²) in [7, 11) is 1.57. The highest BCUT2D eigenvalue weighted by Gasteiger charge is 2.17. The van der Waals surface area contributed by atoms with Crippen LogP contribution in [0.2, 0.25) is 0 Å². The third kappa shape index (κ3) is 5.27. The Bertz CT molecular complexity index is 1120. The van der Waals surface area contributed by atoms with E-state index in [1.807, 2.05) is 25.1 Å². The van der Waals surface area contributed by atoms with Gasteiger partial charge in [0.25, 0.3) is 11.8 Å². The first-order valence-corrected chi connectivity index (χ1v) is 9.56. The van der Waals surface area contributed by atoms with Crippen LogP contribution in [0, 0.1) is 6.92 Å². The van der Waals surface area contributed by atoms with Crippen molar-refractivity contribution in [1.29, 1.82) is 0 Å². The number of amides is 3. The molecular formula is C22H23N5O4. The van der Waals surface area contributed by atoms with Crippen molar-refractivity contribution in [1.82, 2.24) is 15.1 Å². The minimum absolute atomic E-state index is 0.0279. The van der Waals surface area contributed by atoms with Crippen molar-refractivity contribution in [2.45, 2.75) is 13.3 Å². The molecule has 9 heteroatoms. The van der Waals surface area contributed by atoms with Gasteiger partial charge in [-0.3, -0.25) is 14.4 Å². The molecule has 31 heavy (non-hydrogen) atoms. The molecule has 160 valence electrons. The molecule has 0 aliphatic heterocycles. The minimum Gasteiger partial charge on any atom is -0.494 e. The van der Waals surface area contributed by atoms with Gasteiger partial charge in [0, 0.05) is 19.2 Å². The summed E-state index contributed by atoms with van der Waals surface area (Å²) in [5.74, 6) is -0.781. The fourth-order valence-corrected chi connectivity index (χ4v) is 2.93. The molecule has 1 aromatic heterocycles. The van der Waals surface area contributed by atoms with E-state index in [1.165, 1.54) is 0 Å². The van der Waals surface area contributed by atoms with Crippen LogP contribution in [-0.4, -0.2) is 41.2 Å². The van der Waals surface area contributed by atoms with E-state index >= 15 is 0 Å².